The zero-order chi connectivity index (χ0) is 16.3. The molecule has 0 saturated heterocycles. The summed E-state index contributed by atoms with van der Waals surface area (Å²) in [4.78, 5) is 14.2. The molecule has 1 N–H and O–H groups in total. The second kappa shape index (κ2) is 6.22. The van der Waals surface area contributed by atoms with Gasteiger partial charge in [0.1, 0.15) is 0 Å². The van der Waals surface area contributed by atoms with Gasteiger partial charge in [0.15, 0.2) is 0 Å². The van der Waals surface area contributed by atoms with E-state index < -0.39 is 5.41 Å². The summed E-state index contributed by atoms with van der Waals surface area (Å²) in [7, 11) is 4.05. The summed E-state index contributed by atoms with van der Waals surface area (Å²) in [6, 6.07) is 16.3. The molecule has 0 aliphatic carbocycles. The van der Waals surface area contributed by atoms with Crippen molar-refractivity contribution in [3.05, 3.63) is 48.5 Å². The second-order valence-electron chi connectivity index (χ2n) is 6.73. The van der Waals surface area contributed by atoms with Crippen molar-refractivity contribution in [2.24, 2.45) is 5.41 Å². The van der Waals surface area contributed by atoms with Crippen LogP contribution in [0.4, 0.5) is 11.4 Å². The molecule has 116 valence electrons. The van der Waals surface area contributed by atoms with E-state index in [0.717, 1.165) is 16.8 Å². The highest BCUT2D eigenvalue weighted by Crippen LogP contribution is 2.26. The van der Waals surface area contributed by atoms with Crippen LogP contribution in [0.3, 0.4) is 0 Å². The Morgan fingerprint density at radius 2 is 1.59 bits per heavy atom. The molecule has 0 spiro atoms. The summed E-state index contributed by atoms with van der Waals surface area (Å²) < 4.78 is 0. The predicted molar refractivity (Wildman–Crippen MR) is 94.3 cm³/mol. The van der Waals surface area contributed by atoms with Crippen LogP contribution in [-0.2, 0) is 4.79 Å². The van der Waals surface area contributed by atoms with Crippen LogP contribution in [0.25, 0.3) is 11.1 Å². The SMILES string of the molecule is CN(C)c1ccc(-c2cccc(NC(=O)C(C)(C)C)c2)cc1. The van der Waals surface area contributed by atoms with Gasteiger partial charge in [-0.15, -0.1) is 0 Å². The van der Waals surface area contributed by atoms with E-state index >= 15 is 0 Å². The van der Waals surface area contributed by atoms with E-state index in [0.29, 0.717) is 0 Å². The van der Waals surface area contributed by atoms with Crippen molar-refractivity contribution in [1.82, 2.24) is 0 Å². The highest BCUT2D eigenvalue weighted by molar-refractivity contribution is 5.95. The summed E-state index contributed by atoms with van der Waals surface area (Å²) in [5, 5.41) is 2.97. The van der Waals surface area contributed by atoms with Gasteiger partial charge in [-0.2, -0.15) is 0 Å². The zero-order valence-corrected chi connectivity index (χ0v) is 14.0. The number of carbonyl (C=O) groups is 1. The molecule has 0 aliphatic rings. The third-order valence-corrected chi connectivity index (χ3v) is 3.52. The lowest BCUT2D eigenvalue weighted by Crippen LogP contribution is -2.27. The lowest BCUT2D eigenvalue weighted by atomic mass is 9.95. The number of rotatable bonds is 3. The Labute approximate surface area is 133 Å². The van der Waals surface area contributed by atoms with Crippen LogP contribution in [0.1, 0.15) is 20.8 Å². The molecule has 1 amide bonds. The Morgan fingerprint density at radius 3 is 2.14 bits per heavy atom. The van der Waals surface area contributed by atoms with Crippen LogP contribution in [-0.4, -0.2) is 20.0 Å². The molecule has 0 radical (unpaired) electrons. The van der Waals surface area contributed by atoms with Gasteiger partial charge in [-0.3, -0.25) is 4.79 Å². The molecule has 2 aromatic rings. The Morgan fingerprint density at radius 1 is 0.955 bits per heavy atom. The first-order chi connectivity index (χ1) is 10.3. The summed E-state index contributed by atoms with van der Waals surface area (Å²) in [5.41, 5.74) is 3.83. The second-order valence-corrected chi connectivity index (χ2v) is 6.73. The smallest absolute Gasteiger partial charge is 0.229 e. The number of benzene rings is 2. The van der Waals surface area contributed by atoms with E-state index in [-0.39, 0.29) is 5.91 Å². The first-order valence-corrected chi connectivity index (χ1v) is 7.46. The van der Waals surface area contributed by atoms with Crippen LogP contribution in [0.15, 0.2) is 48.5 Å². The fourth-order valence-electron chi connectivity index (χ4n) is 2.05. The van der Waals surface area contributed by atoms with E-state index in [1.54, 1.807) is 0 Å². The number of nitrogens with zero attached hydrogens (tertiary/aromatic N) is 1. The van der Waals surface area contributed by atoms with Gasteiger partial charge in [0.05, 0.1) is 0 Å². The highest BCUT2D eigenvalue weighted by atomic mass is 16.2. The van der Waals surface area contributed by atoms with Gasteiger partial charge in [0, 0.05) is 30.9 Å². The van der Waals surface area contributed by atoms with Gasteiger partial charge >= 0.3 is 0 Å². The summed E-state index contributed by atoms with van der Waals surface area (Å²) in [6.07, 6.45) is 0. The monoisotopic (exact) mass is 296 g/mol. The Bertz CT molecular complexity index is 652. The van der Waals surface area contributed by atoms with Gasteiger partial charge in [-0.05, 0) is 35.4 Å². The van der Waals surface area contributed by atoms with Crippen LogP contribution < -0.4 is 10.2 Å². The van der Waals surface area contributed by atoms with Gasteiger partial charge in [0.25, 0.3) is 0 Å². The average Bonchev–Trinajstić information content (AvgIpc) is 2.46. The molecule has 0 bridgehead atoms. The Balaban J connectivity index is 2.23. The number of nitrogens with one attached hydrogen (secondary N) is 1. The molecule has 0 saturated carbocycles. The quantitative estimate of drug-likeness (QED) is 0.910. The minimum absolute atomic E-state index is 0.0209. The number of hydrogen-bond donors (Lipinski definition) is 1. The molecule has 0 aromatic heterocycles. The van der Waals surface area contributed by atoms with Gasteiger partial charge in [-0.1, -0.05) is 45.0 Å². The first kappa shape index (κ1) is 16.1. The maximum absolute atomic E-state index is 12.1. The van der Waals surface area contributed by atoms with E-state index in [4.69, 9.17) is 0 Å². The van der Waals surface area contributed by atoms with Crippen LogP contribution in [0.2, 0.25) is 0 Å². The maximum Gasteiger partial charge on any atom is 0.229 e. The topological polar surface area (TPSA) is 32.3 Å². The molecule has 3 heteroatoms. The number of hydrogen-bond acceptors (Lipinski definition) is 2. The highest BCUT2D eigenvalue weighted by Gasteiger charge is 2.21. The summed E-state index contributed by atoms with van der Waals surface area (Å²) in [6.45, 7) is 5.73. The molecule has 3 nitrogen and oxygen atoms in total. The van der Waals surface area contributed by atoms with Crippen molar-refractivity contribution in [3.8, 4) is 11.1 Å². The van der Waals surface area contributed by atoms with Crippen molar-refractivity contribution in [2.45, 2.75) is 20.8 Å². The molecule has 2 aromatic carbocycles. The van der Waals surface area contributed by atoms with Gasteiger partial charge in [0.2, 0.25) is 5.91 Å². The van der Waals surface area contributed by atoms with Gasteiger partial charge in [-0.25, -0.2) is 0 Å². The zero-order valence-electron chi connectivity index (χ0n) is 14.0. The molecule has 22 heavy (non-hydrogen) atoms. The molecular formula is C19H24N2O. The fraction of sp³-hybridized carbons (Fsp3) is 0.316. The van der Waals surface area contributed by atoms with Crippen molar-refractivity contribution in [3.63, 3.8) is 0 Å². The van der Waals surface area contributed by atoms with E-state index in [9.17, 15) is 4.79 Å². The van der Waals surface area contributed by atoms with Crippen molar-refractivity contribution in [2.75, 3.05) is 24.3 Å². The lowest BCUT2D eigenvalue weighted by molar-refractivity contribution is -0.123. The minimum Gasteiger partial charge on any atom is -0.378 e. The molecule has 2 rings (SSSR count). The molecule has 0 atom stereocenters. The van der Waals surface area contributed by atoms with E-state index in [1.807, 2.05) is 53.1 Å². The van der Waals surface area contributed by atoms with Crippen molar-refractivity contribution in [1.29, 1.82) is 0 Å². The number of anilines is 2. The summed E-state index contributed by atoms with van der Waals surface area (Å²) in [5.74, 6) is 0.0209. The molecule has 0 unspecified atom stereocenters. The number of carbonyl (C=O) groups excluding carboxylic acids is 1. The minimum atomic E-state index is -0.399. The molecule has 0 aliphatic heterocycles. The molecular weight excluding hydrogens is 272 g/mol. The Hall–Kier alpha value is -2.29. The predicted octanol–water partition coefficient (Wildman–Crippen LogP) is 4.40. The largest absolute Gasteiger partial charge is 0.378 e. The lowest BCUT2D eigenvalue weighted by Gasteiger charge is -2.18. The Kier molecular flexibility index (Phi) is 4.55. The van der Waals surface area contributed by atoms with Crippen molar-refractivity contribution < 1.29 is 4.79 Å². The van der Waals surface area contributed by atoms with Gasteiger partial charge < -0.3 is 10.2 Å². The number of amides is 1. The fourth-order valence-corrected chi connectivity index (χ4v) is 2.05. The van der Waals surface area contributed by atoms with Crippen LogP contribution >= 0.6 is 0 Å². The van der Waals surface area contributed by atoms with E-state index in [1.165, 1.54) is 5.69 Å². The maximum atomic E-state index is 12.1. The van der Waals surface area contributed by atoms with E-state index in [2.05, 4.69) is 40.5 Å². The normalized spacial score (nSPS) is 11.1. The van der Waals surface area contributed by atoms with Crippen LogP contribution in [0, 0.1) is 5.41 Å². The average molecular weight is 296 g/mol. The first-order valence-electron chi connectivity index (χ1n) is 7.46. The standard InChI is InChI=1S/C19H24N2O/c1-19(2,3)18(22)20-16-8-6-7-15(13-16)14-9-11-17(12-10-14)21(4)5/h6-13H,1-5H3,(H,20,22). The molecule has 0 fully saturated rings. The van der Waals surface area contributed by atoms with Crippen molar-refractivity contribution >= 4 is 17.3 Å². The third-order valence-electron chi connectivity index (χ3n) is 3.52. The molecule has 0 heterocycles. The summed E-state index contributed by atoms with van der Waals surface area (Å²) >= 11 is 0. The third kappa shape index (κ3) is 3.88. The van der Waals surface area contributed by atoms with Crippen LogP contribution in [0.5, 0.6) is 0 Å².